The molecule has 3 heterocycles. The number of carbonyl (C=O) groups is 2. The highest BCUT2D eigenvalue weighted by molar-refractivity contribution is 6.07. The van der Waals surface area contributed by atoms with Gasteiger partial charge >= 0.3 is 6.03 Å². The Balaban J connectivity index is 1.33. The minimum atomic E-state index is -0.675. The van der Waals surface area contributed by atoms with E-state index >= 15 is 0 Å². The Bertz CT molecular complexity index is 928. The van der Waals surface area contributed by atoms with Gasteiger partial charge in [-0.3, -0.25) is 19.6 Å². The Hall–Kier alpha value is -2.73. The molecule has 1 aromatic heterocycles. The van der Waals surface area contributed by atoms with Crippen molar-refractivity contribution >= 4 is 11.9 Å². The first kappa shape index (κ1) is 19.2. The smallest absolute Gasteiger partial charge is 0.310 e. The van der Waals surface area contributed by atoms with E-state index < -0.39 is 5.54 Å². The van der Waals surface area contributed by atoms with Gasteiger partial charge in [-0.05, 0) is 55.4 Å². The van der Waals surface area contributed by atoms with Crippen LogP contribution in [0.3, 0.4) is 0 Å². The predicted molar refractivity (Wildman–Crippen MR) is 114 cm³/mol. The van der Waals surface area contributed by atoms with E-state index in [-0.39, 0.29) is 18.0 Å². The minimum Gasteiger partial charge on any atom is -0.310 e. The van der Waals surface area contributed by atoms with Gasteiger partial charge in [0, 0.05) is 44.6 Å². The SMILES string of the molecule is CCN1C(=O)N(C2Cc3ccccc3C2)C(=O)C12CCN(Cc1cccnc1)CC2. The Morgan fingerprint density at radius 2 is 1.73 bits per heavy atom. The van der Waals surface area contributed by atoms with Gasteiger partial charge in [0.1, 0.15) is 5.54 Å². The molecule has 3 amide bonds. The van der Waals surface area contributed by atoms with Gasteiger partial charge in [0.2, 0.25) is 0 Å². The summed E-state index contributed by atoms with van der Waals surface area (Å²) in [5.41, 5.74) is 3.03. The summed E-state index contributed by atoms with van der Waals surface area (Å²) in [5.74, 6) is 0.0215. The zero-order valence-corrected chi connectivity index (χ0v) is 17.5. The predicted octanol–water partition coefficient (Wildman–Crippen LogP) is 2.87. The van der Waals surface area contributed by atoms with Crippen molar-refractivity contribution in [3.8, 4) is 0 Å². The number of amides is 3. The van der Waals surface area contributed by atoms with Gasteiger partial charge in [0.25, 0.3) is 5.91 Å². The highest BCUT2D eigenvalue weighted by atomic mass is 16.2. The molecule has 1 aromatic carbocycles. The second kappa shape index (κ2) is 7.51. The molecule has 156 valence electrons. The number of likely N-dealkylation sites (N-methyl/N-ethyl adjacent to an activating group) is 1. The number of imide groups is 1. The third-order valence-electron chi connectivity index (χ3n) is 7.09. The van der Waals surface area contributed by atoms with E-state index in [1.54, 1.807) is 11.1 Å². The van der Waals surface area contributed by atoms with Gasteiger partial charge in [-0.25, -0.2) is 4.79 Å². The lowest BCUT2D eigenvalue weighted by atomic mass is 9.85. The lowest BCUT2D eigenvalue weighted by Crippen LogP contribution is -2.56. The molecule has 1 spiro atoms. The van der Waals surface area contributed by atoms with Crippen LogP contribution in [0, 0.1) is 0 Å². The molecular formula is C24H28N4O2. The number of nitrogens with zero attached hydrogens (tertiary/aromatic N) is 4. The normalized spacial score (nSPS) is 21.6. The van der Waals surface area contributed by atoms with Crippen molar-refractivity contribution in [2.75, 3.05) is 19.6 Å². The van der Waals surface area contributed by atoms with E-state index in [2.05, 4.69) is 28.1 Å². The van der Waals surface area contributed by atoms with Crippen LogP contribution < -0.4 is 0 Å². The van der Waals surface area contributed by atoms with Gasteiger partial charge in [-0.2, -0.15) is 0 Å². The Labute approximate surface area is 177 Å². The number of rotatable bonds is 4. The number of piperidine rings is 1. The van der Waals surface area contributed by atoms with Gasteiger partial charge in [0.15, 0.2) is 0 Å². The molecule has 30 heavy (non-hydrogen) atoms. The quantitative estimate of drug-likeness (QED) is 0.736. The van der Waals surface area contributed by atoms with Crippen molar-refractivity contribution in [2.45, 2.75) is 50.7 Å². The van der Waals surface area contributed by atoms with Crippen LogP contribution in [0.25, 0.3) is 0 Å². The van der Waals surface area contributed by atoms with Crippen LogP contribution in [0.1, 0.15) is 36.5 Å². The molecule has 2 fully saturated rings. The number of fused-ring (bicyclic) bond motifs is 1. The Morgan fingerprint density at radius 3 is 2.33 bits per heavy atom. The first-order valence-electron chi connectivity index (χ1n) is 11.0. The van der Waals surface area contributed by atoms with Crippen molar-refractivity contribution < 1.29 is 9.59 Å². The van der Waals surface area contributed by atoms with E-state index in [0.717, 1.165) is 32.5 Å². The summed E-state index contributed by atoms with van der Waals surface area (Å²) in [4.78, 5) is 37.0. The maximum atomic E-state index is 13.7. The largest absolute Gasteiger partial charge is 0.327 e. The maximum absolute atomic E-state index is 13.7. The van der Waals surface area contributed by atoms with Crippen molar-refractivity contribution in [3.05, 3.63) is 65.5 Å². The molecule has 2 aliphatic heterocycles. The number of urea groups is 1. The highest BCUT2D eigenvalue weighted by Gasteiger charge is 2.59. The van der Waals surface area contributed by atoms with Crippen molar-refractivity contribution in [1.82, 2.24) is 19.7 Å². The first-order chi connectivity index (χ1) is 14.6. The maximum Gasteiger partial charge on any atom is 0.327 e. The molecule has 5 rings (SSSR count). The van der Waals surface area contributed by atoms with Crippen LogP contribution in [0.5, 0.6) is 0 Å². The summed E-state index contributed by atoms with van der Waals surface area (Å²) in [7, 11) is 0. The number of benzene rings is 1. The first-order valence-corrected chi connectivity index (χ1v) is 11.0. The highest BCUT2D eigenvalue weighted by Crippen LogP contribution is 2.40. The van der Waals surface area contributed by atoms with Gasteiger partial charge in [-0.1, -0.05) is 30.3 Å². The number of hydrogen-bond acceptors (Lipinski definition) is 4. The van der Waals surface area contributed by atoms with E-state index in [9.17, 15) is 9.59 Å². The fraction of sp³-hybridized carbons (Fsp3) is 0.458. The van der Waals surface area contributed by atoms with Crippen LogP contribution in [0.2, 0.25) is 0 Å². The standard InChI is InChI=1S/C24H28N4O2/c1-2-27-23(30)28(21-14-19-7-3-4-8-20(19)15-21)22(29)24(27)9-12-26(13-10-24)17-18-6-5-11-25-16-18/h3-8,11,16,21H,2,9-10,12-15,17H2,1H3. The molecule has 0 saturated carbocycles. The van der Waals surface area contributed by atoms with Gasteiger partial charge < -0.3 is 4.90 Å². The van der Waals surface area contributed by atoms with Crippen LogP contribution in [-0.4, -0.2) is 62.8 Å². The Kier molecular flexibility index (Phi) is 4.82. The second-order valence-corrected chi connectivity index (χ2v) is 8.70. The third-order valence-corrected chi connectivity index (χ3v) is 7.09. The lowest BCUT2D eigenvalue weighted by Gasteiger charge is -2.42. The Morgan fingerprint density at radius 1 is 1.03 bits per heavy atom. The molecule has 0 N–H and O–H groups in total. The van der Waals surface area contributed by atoms with Crippen LogP contribution in [0.15, 0.2) is 48.8 Å². The molecule has 3 aliphatic rings. The summed E-state index contributed by atoms with van der Waals surface area (Å²) in [6.45, 7) is 5.01. The number of hydrogen-bond donors (Lipinski definition) is 0. The molecule has 0 radical (unpaired) electrons. The minimum absolute atomic E-state index is 0.0215. The van der Waals surface area contributed by atoms with E-state index in [1.807, 2.05) is 36.2 Å². The van der Waals surface area contributed by atoms with E-state index in [0.29, 0.717) is 19.4 Å². The lowest BCUT2D eigenvalue weighted by molar-refractivity contribution is -0.137. The van der Waals surface area contributed by atoms with Gasteiger partial charge in [0.05, 0.1) is 0 Å². The number of pyridine rings is 1. The fourth-order valence-corrected chi connectivity index (χ4v) is 5.53. The molecule has 0 bridgehead atoms. The molecule has 1 aliphatic carbocycles. The number of carbonyl (C=O) groups excluding carboxylic acids is 2. The summed E-state index contributed by atoms with van der Waals surface area (Å²) in [6, 6.07) is 12.2. The molecule has 0 unspecified atom stereocenters. The van der Waals surface area contributed by atoms with Crippen LogP contribution >= 0.6 is 0 Å². The topological polar surface area (TPSA) is 56.8 Å². The van der Waals surface area contributed by atoms with Crippen molar-refractivity contribution in [2.24, 2.45) is 0 Å². The molecule has 2 aromatic rings. The van der Waals surface area contributed by atoms with Crippen LogP contribution in [-0.2, 0) is 24.2 Å². The molecule has 0 atom stereocenters. The molecule has 6 heteroatoms. The number of likely N-dealkylation sites (tertiary alicyclic amines) is 1. The van der Waals surface area contributed by atoms with E-state index in [4.69, 9.17) is 0 Å². The number of aromatic nitrogens is 1. The summed E-state index contributed by atoms with van der Waals surface area (Å²) in [6.07, 6.45) is 6.62. The van der Waals surface area contributed by atoms with Crippen molar-refractivity contribution in [3.63, 3.8) is 0 Å². The fourth-order valence-electron chi connectivity index (χ4n) is 5.53. The second-order valence-electron chi connectivity index (χ2n) is 8.70. The summed E-state index contributed by atoms with van der Waals surface area (Å²) in [5, 5.41) is 0. The zero-order valence-electron chi connectivity index (χ0n) is 17.5. The molecular weight excluding hydrogens is 376 g/mol. The summed E-state index contributed by atoms with van der Waals surface area (Å²) < 4.78 is 0. The average Bonchev–Trinajstić information content (AvgIpc) is 3.27. The third kappa shape index (κ3) is 3.01. The summed E-state index contributed by atoms with van der Waals surface area (Å²) >= 11 is 0. The van der Waals surface area contributed by atoms with E-state index in [1.165, 1.54) is 16.7 Å². The van der Waals surface area contributed by atoms with Gasteiger partial charge in [-0.15, -0.1) is 0 Å². The molecule has 6 nitrogen and oxygen atoms in total. The van der Waals surface area contributed by atoms with Crippen molar-refractivity contribution in [1.29, 1.82) is 0 Å². The molecule has 2 saturated heterocycles. The average molecular weight is 405 g/mol. The van der Waals surface area contributed by atoms with Crippen LogP contribution in [0.4, 0.5) is 4.79 Å². The zero-order chi connectivity index (χ0) is 20.7. The monoisotopic (exact) mass is 404 g/mol.